The van der Waals surface area contributed by atoms with E-state index in [1.165, 1.54) is 23.9 Å². The lowest BCUT2D eigenvalue weighted by Crippen LogP contribution is -2.30. The second kappa shape index (κ2) is 6.41. The number of hydrogen-bond donors (Lipinski definition) is 0. The molecule has 2 aromatic heterocycles. The van der Waals surface area contributed by atoms with Crippen LogP contribution in [0, 0.1) is 0 Å². The third kappa shape index (κ3) is 2.84. The number of carbonyl (C=O) groups excluding carboxylic acids is 1. The maximum absolute atomic E-state index is 12.5. The first-order chi connectivity index (χ1) is 10.8. The lowest BCUT2D eigenvalue weighted by molar-refractivity contribution is 0.0989. The number of hydrogen-bond acceptors (Lipinski definition) is 4. The number of aromatic nitrogens is 1. The molecule has 0 fully saturated rings. The monoisotopic (exact) mass is 310 g/mol. The van der Waals surface area contributed by atoms with Gasteiger partial charge < -0.3 is 4.42 Å². The second-order valence-electron chi connectivity index (χ2n) is 4.60. The molecule has 22 heavy (non-hydrogen) atoms. The van der Waals surface area contributed by atoms with E-state index in [1.807, 2.05) is 35.7 Å². The zero-order chi connectivity index (χ0) is 15.4. The molecule has 0 aliphatic carbocycles. The number of rotatable bonds is 5. The lowest BCUT2D eigenvalue weighted by Gasteiger charge is -2.16. The average molecular weight is 310 g/mol. The van der Waals surface area contributed by atoms with Gasteiger partial charge in [-0.2, -0.15) is 0 Å². The van der Waals surface area contributed by atoms with Crippen molar-refractivity contribution in [3.05, 3.63) is 72.5 Å². The fraction of sp³-hybridized carbons (Fsp3) is 0.0588. The zero-order valence-electron chi connectivity index (χ0n) is 11.8. The van der Waals surface area contributed by atoms with Gasteiger partial charge in [0.05, 0.1) is 17.5 Å². The molecule has 0 radical (unpaired) electrons. The molecule has 0 spiro atoms. The summed E-state index contributed by atoms with van der Waals surface area (Å²) in [5.74, 6) is -0.150. The number of carbonyl (C=O) groups is 1. The molecular weight excluding hydrogens is 296 g/mol. The number of thiazole rings is 1. The van der Waals surface area contributed by atoms with Crippen molar-refractivity contribution in [2.75, 3.05) is 11.4 Å². The van der Waals surface area contributed by atoms with Crippen molar-refractivity contribution in [3.63, 3.8) is 0 Å². The number of amides is 1. The van der Waals surface area contributed by atoms with Crippen molar-refractivity contribution in [3.8, 4) is 11.3 Å². The maximum atomic E-state index is 12.5. The molecule has 0 atom stereocenters. The summed E-state index contributed by atoms with van der Waals surface area (Å²) in [6.07, 6.45) is 4.60. The summed E-state index contributed by atoms with van der Waals surface area (Å²) in [6.45, 7) is 4.11. The highest BCUT2D eigenvalue weighted by Gasteiger charge is 2.20. The summed E-state index contributed by atoms with van der Waals surface area (Å²) >= 11 is 1.43. The van der Waals surface area contributed by atoms with Crippen LogP contribution >= 0.6 is 11.3 Å². The van der Waals surface area contributed by atoms with Crippen LogP contribution in [0.4, 0.5) is 5.13 Å². The summed E-state index contributed by atoms with van der Waals surface area (Å²) in [6, 6.07) is 11.5. The number of benzene rings is 1. The third-order valence-corrected chi connectivity index (χ3v) is 3.98. The highest BCUT2D eigenvalue weighted by molar-refractivity contribution is 7.14. The van der Waals surface area contributed by atoms with Crippen LogP contribution in [0.5, 0.6) is 0 Å². The molecule has 4 nitrogen and oxygen atoms in total. The SMILES string of the molecule is C=CCN(C(=O)c1ccoc1)c1nc(-c2ccccc2)cs1. The van der Waals surface area contributed by atoms with Crippen molar-refractivity contribution in [2.24, 2.45) is 0 Å². The van der Waals surface area contributed by atoms with Crippen LogP contribution in [0.1, 0.15) is 10.4 Å². The summed E-state index contributed by atoms with van der Waals surface area (Å²) in [7, 11) is 0. The molecule has 1 amide bonds. The molecule has 0 saturated carbocycles. The second-order valence-corrected chi connectivity index (χ2v) is 5.43. The highest BCUT2D eigenvalue weighted by atomic mass is 32.1. The third-order valence-electron chi connectivity index (χ3n) is 3.12. The molecule has 0 aliphatic heterocycles. The van der Waals surface area contributed by atoms with E-state index in [-0.39, 0.29) is 5.91 Å². The van der Waals surface area contributed by atoms with E-state index in [0.29, 0.717) is 17.2 Å². The largest absolute Gasteiger partial charge is 0.472 e. The predicted molar refractivity (Wildman–Crippen MR) is 88.1 cm³/mol. The van der Waals surface area contributed by atoms with E-state index in [9.17, 15) is 4.79 Å². The minimum absolute atomic E-state index is 0.150. The Balaban J connectivity index is 1.91. The van der Waals surface area contributed by atoms with Crippen molar-refractivity contribution in [1.82, 2.24) is 4.98 Å². The molecule has 0 bridgehead atoms. The predicted octanol–water partition coefficient (Wildman–Crippen LogP) is 4.24. The Hall–Kier alpha value is -2.66. The molecule has 1 aromatic carbocycles. The Labute approximate surface area is 132 Å². The Kier molecular flexibility index (Phi) is 4.16. The molecule has 2 heterocycles. The van der Waals surface area contributed by atoms with Crippen LogP contribution in [-0.4, -0.2) is 17.4 Å². The van der Waals surface area contributed by atoms with Crippen LogP contribution < -0.4 is 4.90 Å². The van der Waals surface area contributed by atoms with Gasteiger partial charge in [-0.3, -0.25) is 9.69 Å². The summed E-state index contributed by atoms with van der Waals surface area (Å²) in [5, 5.41) is 2.59. The van der Waals surface area contributed by atoms with Crippen LogP contribution in [0.15, 0.2) is 71.4 Å². The van der Waals surface area contributed by atoms with E-state index in [0.717, 1.165) is 11.3 Å². The van der Waals surface area contributed by atoms with Gasteiger partial charge in [-0.15, -0.1) is 17.9 Å². The fourth-order valence-corrected chi connectivity index (χ4v) is 2.89. The highest BCUT2D eigenvalue weighted by Crippen LogP contribution is 2.28. The molecule has 0 saturated heterocycles. The maximum Gasteiger partial charge on any atom is 0.263 e. The molecule has 0 N–H and O–H groups in total. The van der Waals surface area contributed by atoms with Crippen LogP contribution in [-0.2, 0) is 0 Å². The van der Waals surface area contributed by atoms with Crippen LogP contribution in [0.25, 0.3) is 11.3 Å². The molecule has 110 valence electrons. The van der Waals surface area contributed by atoms with Gasteiger partial charge in [0.1, 0.15) is 6.26 Å². The molecule has 0 aliphatic rings. The van der Waals surface area contributed by atoms with Crippen molar-refractivity contribution in [2.45, 2.75) is 0 Å². The Morgan fingerprint density at radius 1 is 1.32 bits per heavy atom. The first-order valence-corrected chi connectivity index (χ1v) is 7.63. The van der Waals surface area contributed by atoms with Gasteiger partial charge in [0.15, 0.2) is 5.13 Å². The van der Waals surface area contributed by atoms with Crippen molar-refractivity contribution < 1.29 is 9.21 Å². The van der Waals surface area contributed by atoms with E-state index in [4.69, 9.17) is 4.42 Å². The average Bonchev–Trinajstić information content (AvgIpc) is 3.24. The first kappa shape index (κ1) is 14.3. The van der Waals surface area contributed by atoms with Gasteiger partial charge in [0.2, 0.25) is 0 Å². The Morgan fingerprint density at radius 2 is 2.14 bits per heavy atom. The standard InChI is InChI=1S/C17H14N2O2S/c1-2-9-19(16(20)14-8-10-21-11-14)17-18-15(12-22-17)13-6-4-3-5-7-13/h2-8,10-12H,1,9H2. The molecule has 0 unspecified atom stereocenters. The van der Waals surface area contributed by atoms with E-state index in [1.54, 1.807) is 17.0 Å². The Morgan fingerprint density at radius 3 is 2.82 bits per heavy atom. The zero-order valence-corrected chi connectivity index (χ0v) is 12.6. The number of anilines is 1. The molecule has 5 heteroatoms. The molecule has 3 rings (SSSR count). The van der Waals surface area contributed by atoms with Crippen LogP contribution in [0.3, 0.4) is 0 Å². The van der Waals surface area contributed by atoms with Gasteiger partial charge in [-0.05, 0) is 6.07 Å². The topological polar surface area (TPSA) is 46.3 Å². The minimum Gasteiger partial charge on any atom is -0.472 e. The van der Waals surface area contributed by atoms with Gasteiger partial charge in [0, 0.05) is 17.5 Å². The normalized spacial score (nSPS) is 10.4. The lowest BCUT2D eigenvalue weighted by atomic mass is 10.2. The van der Waals surface area contributed by atoms with Gasteiger partial charge in [-0.25, -0.2) is 4.98 Å². The molecular formula is C17H14N2O2S. The minimum atomic E-state index is -0.150. The summed E-state index contributed by atoms with van der Waals surface area (Å²) in [5.41, 5.74) is 2.38. The number of nitrogens with zero attached hydrogens (tertiary/aromatic N) is 2. The van der Waals surface area contributed by atoms with E-state index >= 15 is 0 Å². The summed E-state index contributed by atoms with van der Waals surface area (Å²) < 4.78 is 4.98. The van der Waals surface area contributed by atoms with Gasteiger partial charge >= 0.3 is 0 Å². The van der Waals surface area contributed by atoms with Gasteiger partial charge in [-0.1, -0.05) is 36.4 Å². The van der Waals surface area contributed by atoms with E-state index < -0.39 is 0 Å². The van der Waals surface area contributed by atoms with E-state index in [2.05, 4.69) is 11.6 Å². The smallest absolute Gasteiger partial charge is 0.263 e. The number of furan rings is 1. The fourth-order valence-electron chi connectivity index (χ4n) is 2.05. The van der Waals surface area contributed by atoms with Crippen LogP contribution in [0.2, 0.25) is 0 Å². The molecule has 3 aromatic rings. The van der Waals surface area contributed by atoms with Crippen molar-refractivity contribution in [1.29, 1.82) is 0 Å². The Bertz CT molecular complexity index is 763. The first-order valence-electron chi connectivity index (χ1n) is 6.75. The summed E-state index contributed by atoms with van der Waals surface area (Å²) in [4.78, 5) is 18.7. The quantitative estimate of drug-likeness (QED) is 0.662. The van der Waals surface area contributed by atoms with Gasteiger partial charge in [0.25, 0.3) is 5.91 Å². The van der Waals surface area contributed by atoms with Crippen molar-refractivity contribution >= 4 is 22.4 Å².